The van der Waals surface area contributed by atoms with Crippen molar-refractivity contribution in [1.29, 1.82) is 0 Å². The SMILES string of the molecule is COc1ccc(-c2c3cccc(C(F)(F)F)c3nn2Cc2ccc(C)cc2C)c(C)c1. The zero-order chi connectivity index (χ0) is 22.3. The molecule has 0 saturated heterocycles. The largest absolute Gasteiger partial charge is 0.497 e. The molecular formula is C25H23F3N2O. The van der Waals surface area contributed by atoms with E-state index in [2.05, 4.69) is 11.2 Å². The molecule has 1 heterocycles. The monoisotopic (exact) mass is 424 g/mol. The lowest BCUT2D eigenvalue weighted by Gasteiger charge is -2.13. The van der Waals surface area contributed by atoms with Gasteiger partial charge in [0.05, 0.1) is 24.9 Å². The van der Waals surface area contributed by atoms with Crippen molar-refractivity contribution in [1.82, 2.24) is 9.78 Å². The smallest absolute Gasteiger partial charge is 0.418 e. The standard InChI is InChI=1S/C25H23F3N2O/c1-15-8-9-18(16(2)12-15)14-30-24(20-11-10-19(31-4)13-17(20)3)21-6-5-7-22(23(21)29-30)25(26,27)28/h5-13H,14H2,1-4H3. The van der Waals surface area contributed by atoms with Crippen molar-refractivity contribution in [2.45, 2.75) is 33.5 Å². The number of rotatable bonds is 4. The number of halogens is 3. The summed E-state index contributed by atoms with van der Waals surface area (Å²) in [6.45, 7) is 6.32. The number of alkyl halides is 3. The van der Waals surface area contributed by atoms with E-state index in [0.717, 1.165) is 33.9 Å². The fourth-order valence-electron chi connectivity index (χ4n) is 3.99. The van der Waals surface area contributed by atoms with E-state index in [9.17, 15) is 13.2 Å². The van der Waals surface area contributed by atoms with Crippen LogP contribution in [0, 0.1) is 20.8 Å². The van der Waals surface area contributed by atoms with Crippen LogP contribution < -0.4 is 4.74 Å². The molecule has 4 rings (SSSR count). The molecule has 0 saturated carbocycles. The van der Waals surface area contributed by atoms with Crippen LogP contribution in [-0.2, 0) is 12.7 Å². The summed E-state index contributed by atoms with van der Waals surface area (Å²) in [5, 5.41) is 4.94. The Morgan fingerprint density at radius 1 is 0.935 bits per heavy atom. The van der Waals surface area contributed by atoms with Crippen LogP contribution in [0.15, 0.2) is 54.6 Å². The Labute approximate surface area is 179 Å². The van der Waals surface area contributed by atoms with Gasteiger partial charge in [0.2, 0.25) is 0 Å². The van der Waals surface area contributed by atoms with Crippen molar-refractivity contribution in [3.63, 3.8) is 0 Å². The van der Waals surface area contributed by atoms with Crippen molar-refractivity contribution in [3.8, 4) is 17.0 Å². The third kappa shape index (κ3) is 3.90. The first-order chi connectivity index (χ1) is 14.7. The van der Waals surface area contributed by atoms with Gasteiger partial charge in [0, 0.05) is 10.9 Å². The molecule has 0 atom stereocenters. The molecule has 31 heavy (non-hydrogen) atoms. The Balaban J connectivity index is 1.99. The second-order valence-electron chi connectivity index (χ2n) is 7.82. The minimum absolute atomic E-state index is 0.0371. The number of ether oxygens (including phenoxy) is 1. The van der Waals surface area contributed by atoms with Gasteiger partial charge in [0.1, 0.15) is 11.3 Å². The van der Waals surface area contributed by atoms with Gasteiger partial charge in [0.15, 0.2) is 0 Å². The molecule has 1 aromatic heterocycles. The van der Waals surface area contributed by atoms with Crippen LogP contribution in [0.2, 0.25) is 0 Å². The van der Waals surface area contributed by atoms with Crippen molar-refractivity contribution >= 4 is 10.9 Å². The summed E-state index contributed by atoms with van der Waals surface area (Å²) in [6, 6.07) is 15.9. The Bertz CT molecular complexity index is 1270. The van der Waals surface area contributed by atoms with E-state index < -0.39 is 11.7 Å². The van der Waals surface area contributed by atoms with Gasteiger partial charge in [-0.2, -0.15) is 18.3 Å². The van der Waals surface area contributed by atoms with Gasteiger partial charge in [-0.1, -0.05) is 35.9 Å². The van der Waals surface area contributed by atoms with Gasteiger partial charge in [0.25, 0.3) is 0 Å². The highest BCUT2D eigenvalue weighted by Crippen LogP contribution is 2.39. The highest BCUT2D eigenvalue weighted by Gasteiger charge is 2.34. The van der Waals surface area contributed by atoms with Crippen LogP contribution in [0.4, 0.5) is 13.2 Å². The highest BCUT2D eigenvalue weighted by atomic mass is 19.4. The molecule has 0 N–H and O–H groups in total. The van der Waals surface area contributed by atoms with Crippen LogP contribution in [0.5, 0.6) is 5.75 Å². The molecule has 4 aromatic rings. The number of aromatic nitrogens is 2. The zero-order valence-corrected chi connectivity index (χ0v) is 17.8. The van der Waals surface area contributed by atoms with Crippen LogP contribution in [-0.4, -0.2) is 16.9 Å². The molecular weight excluding hydrogens is 401 g/mol. The lowest BCUT2D eigenvalue weighted by Crippen LogP contribution is -2.07. The normalized spacial score (nSPS) is 11.8. The van der Waals surface area contributed by atoms with E-state index in [1.165, 1.54) is 6.07 Å². The number of aryl methyl sites for hydroxylation is 3. The van der Waals surface area contributed by atoms with Gasteiger partial charge in [-0.15, -0.1) is 0 Å². The summed E-state index contributed by atoms with van der Waals surface area (Å²) >= 11 is 0. The summed E-state index contributed by atoms with van der Waals surface area (Å²) < 4.78 is 48.1. The maximum Gasteiger partial charge on any atom is 0.418 e. The molecule has 0 aliphatic heterocycles. The fourth-order valence-corrected chi connectivity index (χ4v) is 3.99. The van der Waals surface area contributed by atoms with Gasteiger partial charge in [-0.25, -0.2) is 0 Å². The number of methoxy groups -OCH3 is 1. The summed E-state index contributed by atoms with van der Waals surface area (Å²) in [5.74, 6) is 0.696. The van der Waals surface area contributed by atoms with E-state index >= 15 is 0 Å². The molecule has 0 aliphatic carbocycles. The Morgan fingerprint density at radius 2 is 1.71 bits per heavy atom. The van der Waals surface area contributed by atoms with E-state index in [0.29, 0.717) is 23.4 Å². The first kappa shape index (κ1) is 21.0. The molecule has 0 aliphatic rings. The summed E-state index contributed by atoms with van der Waals surface area (Å²) in [7, 11) is 1.59. The lowest BCUT2D eigenvalue weighted by atomic mass is 10.00. The molecule has 0 radical (unpaired) electrons. The number of hydrogen-bond donors (Lipinski definition) is 0. The average molecular weight is 424 g/mol. The third-order valence-corrected chi connectivity index (χ3v) is 5.58. The van der Waals surface area contributed by atoms with Crippen molar-refractivity contribution in [2.24, 2.45) is 0 Å². The van der Waals surface area contributed by atoms with E-state index in [-0.39, 0.29) is 5.52 Å². The van der Waals surface area contributed by atoms with Crippen molar-refractivity contribution in [3.05, 3.63) is 82.4 Å². The van der Waals surface area contributed by atoms with Crippen LogP contribution >= 0.6 is 0 Å². The van der Waals surface area contributed by atoms with Gasteiger partial charge in [-0.3, -0.25) is 4.68 Å². The molecule has 160 valence electrons. The minimum Gasteiger partial charge on any atom is -0.497 e. The third-order valence-electron chi connectivity index (χ3n) is 5.58. The predicted octanol–water partition coefficient (Wildman–Crippen LogP) is 6.70. The topological polar surface area (TPSA) is 27.1 Å². The highest BCUT2D eigenvalue weighted by molar-refractivity contribution is 5.96. The lowest BCUT2D eigenvalue weighted by molar-refractivity contribution is -0.136. The van der Waals surface area contributed by atoms with E-state index in [4.69, 9.17) is 4.74 Å². The predicted molar refractivity (Wildman–Crippen MR) is 116 cm³/mol. The van der Waals surface area contributed by atoms with E-state index in [1.807, 2.05) is 51.1 Å². The molecule has 0 fully saturated rings. The summed E-state index contributed by atoms with van der Waals surface area (Å²) in [5.41, 5.74) is 4.86. The Kier molecular flexibility index (Phi) is 5.25. The minimum atomic E-state index is -4.48. The zero-order valence-electron chi connectivity index (χ0n) is 17.8. The van der Waals surface area contributed by atoms with Crippen LogP contribution in [0.25, 0.3) is 22.2 Å². The first-order valence-corrected chi connectivity index (χ1v) is 9.97. The van der Waals surface area contributed by atoms with Gasteiger partial charge >= 0.3 is 6.18 Å². The van der Waals surface area contributed by atoms with Crippen LogP contribution in [0.1, 0.15) is 27.8 Å². The molecule has 0 unspecified atom stereocenters. The first-order valence-electron chi connectivity index (χ1n) is 9.97. The van der Waals surface area contributed by atoms with Crippen LogP contribution in [0.3, 0.4) is 0 Å². The van der Waals surface area contributed by atoms with Crippen molar-refractivity contribution < 1.29 is 17.9 Å². The maximum absolute atomic E-state index is 13.7. The van der Waals surface area contributed by atoms with Gasteiger partial charge in [-0.05, 0) is 61.7 Å². The molecule has 3 aromatic carbocycles. The second kappa shape index (κ2) is 7.76. The summed E-state index contributed by atoms with van der Waals surface area (Å²) in [6.07, 6.45) is -4.48. The molecule has 6 heteroatoms. The Hall–Kier alpha value is -3.28. The average Bonchev–Trinajstić information content (AvgIpc) is 3.07. The number of nitrogens with zero attached hydrogens (tertiary/aromatic N) is 2. The fraction of sp³-hybridized carbons (Fsp3) is 0.240. The quantitative estimate of drug-likeness (QED) is 0.364. The van der Waals surface area contributed by atoms with Gasteiger partial charge < -0.3 is 4.74 Å². The molecule has 3 nitrogen and oxygen atoms in total. The number of hydrogen-bond acceptors (Lipinski definition) is 2. The molecule has 0 spiro atoms. The van der Waals surface area contributed by atoms with E-state index in [1.54, 1.807) is 17.9 Å². The molecule has 0 amide bonds. The number of benzene rings is 3. The molecule has 0 bridgehead atoms. The number of fused-ring (bicyclic) bond motifs is 1. The second-order valence-corrected chi connectivity index (χ2v) is 7.82. The summed E-state index contributed by atoms with van der Waals surface area (Å²) in [4.78, 5) is 0. The van der Waals surface area contributed by atoms with Crippen molar-refractivity contribution in [2.75, 3.05) is 7.11 Å². The maximum atomic E-state index is 13.7. The Morgan fingerprint density at radius 3 is 2.35 bits per heavy atom.